The van der Waals surface area contributed by atoms with E-state index >= 15 is 0 Å². The summed E-state index contributed by atoms with van der Waals surface area (Å²) >= 11 is 0. The molecule has 1 aliphatic heterocycles. The Kier molecular flexibility index (Phi) is 6.47. The predicted molar refractivity (Wildman–Crippen MR) is 118 cm³/mol. The van der Waals surface area contributed by atoms with E-state index in [4.69, 9.17) is 9.47 Å². The number of anilines is 1. The van der Waals surface area contributed by atoms with Gasteiger partial charge in [-0.25, -0.2) is 0 Å². The molecule has 3 aromatic rings. The zero-order valence-corrected chi connectivity index (χ0v) is 17.1. The van der Waals surface area contributed by atoms with Crippen molar-refractivity contribution in [3.63, 3.8) is 0 Å². The normalized spacial score (nSPS) is 12.5. The molecule has 2 amide bonds. The van der Waals surface area contributed by atoms with Crippen LogP contribution in [0, 0.1) is 0 Å². The second-order valence-corrected chi connectivity index (χ2v) is 7.23. The molecule has 4 rings (SSSR count). The van der Waals surface area contributed by atoms with Crippen molar-refractivity contribution in [2.24, 2.45) is 0 Å². The first-order valence-electron chi connectivity index (χ1n) is 10.3. The fourth-order valence-electron chi connectivity index (χ4n) is 3.42. The number of fused-ring (bicyclic) bond motifs is 1. The van der Waals surface area contributed by atoms with Gasteiger partial charge >= 0.3 is 0 Å². The average Bonchev–Trinajstić information content (AvgIpc) is 2.81. The topological polar surface area (TPSA) is 76.7 Å². The van der Waals surface area contributed by atoms with Gasteiger partial charge in [-0.2, -0.15) is 0 Å². The van der Waals surface area contributed by atoms with Gasteiger partial charge in [0.25, 0.3) is 5.91 Å². The van der Waals surface area contributed by atoms with Gasteiger partial charge in [0.2, 0.25) is 5.91 Å². The molecule has 1 aliphatic rings. The van der Waals surface area contributed by atoms with E-state index in [0.717, 1.165) is 28.3 Å². The molecule has 0 bridgehead atoms. The lowest BCUT2D eigenvalue weighted by Gasteiger charge is -2.17. The zero-order valence-electron chi connectivity index (χ0n) is 17.1. The van der Waals surface area contributed by atoms with E-state index in [9.17, 15) is 9.59 Å². The Morgan fingerprint density at radius 2 is 1.71 bits per heavy atom. The molecule has 1 heterocycles. The summed E-state index contributed by atoms with van der Waals surface area (Å²) in [7, 11) is 0. The Labute approximate surface area is 181 Å². The number of amides is 2. The Morgan fingerprint density at radius 3 is 2.58 bits per heavy atom. The summed E-state index contributed by atoms with van der Waals surface area (Å²) < 4.78 is 11.6. The fraction of sp³-hybridized carbons (Fsp3) is 0.200. The summed E-state index contributed by atoms with van der Waals surface area (Å²) in [4.78, 5) is 24.1. The quantitative estimate of drug-likeness (QED) is 0.545. The molecule has 0 fully saturated rings. The molecule has 0 aromatic heterocycles. The molecule has 6 nitrogen and oxygen atoms in total. The molecule has 3 aromatic carbocycles. The van der Waals surface area contributed by atoms with Crippen LogP contribution in [-0.4, -0.2) is 25.0 Å². The number of benzene rings is 3. The van der Waals surface area contributed by atoms with Crippen molar-refractivity contribution in [1.82, 2.24) is 5.32 Å². The minimum absolute atomic E-state index is 0.0401. The van der Waals surface area contributed by atoms with Gasteiger partial charge in [0, 0.05) is 23.2 Å². The monoisotopic (exact) mass is 416 g/mol. The standard InChI is InChI=1S/C25H24N2O4/c28-24-13-10-18-16-21(11-12-23(18)27-24)30-15-14-26-25(29)22-9-5-4-6-19(22)17-31-20-7-2-1-3-8-20/h1-9,11-12,16H,10,13-15,17H2,(H,26,29)(H,27,28). The molecule has 31 heavy (non-hydrogen) atoms. The van der Waals surface area contributed by atoms with Gasteiger partial charge in [-0.05, 0) is 48.4 Å². The number of carbonyl (C=O) groups is 2. The maximum Gasteiger partial charge on any atom is 0.251 e. The number of carbonyl (C=O) groups excluding carboxylic acids is 2. The molecule has 2 N–H and O–H groups in total. The van der Waals surface area contributed by atoms with Gasteiger partial charge in [0.1, 0.15) is 24.7 Å². The SMILES string of the molecule is O=C1CCc2cc(OCCNC(=O)c3ccccc3COc3ccccc3)ccc2N1. The highest BCUT2D eigenvalue weighted by molar-refractivity contribution is 5.95. The molecule has 158 valence electrons. The number of rotatable bonds is 8. The molecule has 0 saturated carbocycles. The van der Waals surface area contributed by atoms with Crippen molar-refractivity contribution in [2.45, 2.75) is 19.4 Å². The summed E-state index contributed by atoms with van der Waals surface area (Å²) in [6.45, 7) is 1.04. The van der Waals surface area contributed by atoms with Gasteiger partial charge in [0.05, 0.1) is 6.54 Å². The van der Waals surface area contributed by atoms with Crippen LogP contribution in [0.25, 0.3) is 0 Å². The lowest BCUT2D eigenvalue weighted by atomic mass is 10.0. The first-order chi connectivity index (χ1) is 15.2. The summed E-state index contributed by atoms with van der Waals surface area (Å²) in [5.41, 5.74) is 3.31. The molecule has 0 spiro atoms. The van der Waals surface area contributed by atoms with Gasteiger partial charge in [-0.3, -0.25) is 9.59 Å². The smallest absolute Gasteiger partial charge is 0.251 e. The number of ether oxygens (including phenoxy) is 2. The largest absolute Gasteiger partial charge is 0.492 e. The number of hydrogen-bond donors (Lipinski definition) is 2. The van der Waals surface area contributed by atoms with Crippen LogP contribution in [0.2, 0.25) is 0 Å². The van der Waals surface area contributed by atoms with Crippen molar-refractivity contribution in [3.05, 3.63) is 89.5 Å². The second-order valence-electron chi connectivity index (χ2n) is 7.23. The molecular formula is C25H24N2O4. The van der Waals surface area contributed by atoms with E-state index in [1.165, 1.54) is 0 Å². The molecule has 0 radical (unpaired) electrons. The maximum atomic E-state index is 12.6. The Bertz CT molecular complexity index is 1070. The number of para-hydroxylation sites is 1. The molecule has 0 unspecified atom stereocenters. The van der Waals surface area contributed by atoms with E-state index in [1.807, 2.05) is 66.7 Å². The van der Waals surface area contributed by atoms with Crippen LogP contribution in [0.15, 0.2) is 72.8 Å². The van der Waals surface area contributed by atoms with Crippen molar-refractivity contribution < 1.29 is 19.1 Å². The summed E-state index contributed by atoms with van der Waals surface area (Å²) in [6.07, 6.45) is 1.19. The minimum atomic E-state index is -0.163. The summed E-state index contributed by atoms with van der Waals surface area (Å²) in [5, 5.41) is 5.75. The van der Waals surface area contributed by atoms with E-state index in [-0.39, 0.29) is 11.8 Å². The number of hydrogen-bond acceptors (Lipinski definition) is 4. The van der Waals surface area contributed by atoms with Crippen LogP contribution >= 0.6 is 0 Å². The van der Waals surface area contributed by atoms with Crippen LogP contribution < -0.4 is 20.1 Å². The van der Waals surface area contributed by atoms with E-state index in [2.05, 4.69) is 10.6 Å². The van der Waals surface area contributed by atoms with Crippen molar-refractivity contribution >= 4 is 17.5 Å². The van der Waals surface area contributed by atoms with Crippen LogP contribution in [0.1, 0.15) is 27.9 Å². The summed E-state index contributed by atoms with van der Waals surface area (Å²) in [5.74, 6) is 1.36. The lowest BCUT2D eigenvalue weighted by molar-refractivity contribution is -0.116. The highest BCUT2D eigenvalue weighted by atomic mass is 16.5. The lowest BCUT2D eigenvalue weighted by Crippen LogP contribution is -2.29. The summed E-state index contributed by atoms with van der Waals surface area (Å²) in [6, 6.07) is 22.5. The Hall–Kier alpha value is -3.80. The number of aryl methyl sites for hydroxylation is 1. The van der Waals surface area contributed by atoms with Crippen LogP contribution in [0.5, 0.6) is 11.5 Å². The predicted octanol–water partition coefficient (Wildman–Crippen LogP) is 3.96. The second kappa shape index (κ2) is 9.80. The van der Waals surface area contributed by atoms with Gasteiger partial charge < -0.3 is 20.1 Å². The molecule has 0 atom stereocenters. The minimum Gasteiger partial charge on any atom is -0.492 e. The van der Waals surface area contributed by atoms with Gasteiger partial charge in [-0.1, -0.05) is 36.4 Å². The van der Waals surface area contributed by atoms with Crippen LogP contribution in [-0.2, 0) is 17.8 Å². The Morgan fingerprint density at radius 1 is 0.903 bits per heavy atom. The maximum absolute atomic E-state index is 12.6. The van der Waals surface area contributed by atoms with E-state index < -0.39 is 0 Å². The van der Waals surface area contributed by atoms with Gasteiger partial charge in [0.15, 0.2) is 0 Å². The highest BCUT2D eigenvalue weighted by Crippen LogP contribution is 2.26. The fourth-order valence-corrected chi connectivity index (χ4v) is 3.42. The molecule has 0 saturated heterocycles. The third kappa shape index (κ3) is 5.42. The van der Waals surface area contributed by atoms with Gasteiger partial charge in [-0.15, -0.1) is 0 Å². The van der Waals surface area contributed by atoms with Crippen molar-refractivity contribution in [3.8, 4) is 11.5 Å². The first kappa shape index (κ1) is 20.5. The van der Waals surface area contributed by atoms with Crippen LogP contribution in [0.3, 0.4) is 0 Å². The highest BCUT2D eigenvalue weighted by Gasteiger charge is 2.15. The first-order valence-corrected chi connectivity index (χ1v) is 10.3. The number of nitrogens with one attached hydrogen (secondary N) is 2. The Balaban J connectivity index is 1.28. The molecule has 0 aliphatic carbocycles. The average molecular weight is 416 g/mol. The third-order valence-electron chi connectivity index (χ3n) is 5.03. The van der Waals surface area contributed by atoms with Crippen molar-refractivity contribution in [2.75, 3.05) is 18.5 Å². The van der Waals surface area contributed by atoms with Crippen molar-refractivity contribution in [1.29, 1.82) is 0 Å². The zero-order chi connectivity index (χ0) is 21.5. The molecular weight excluding hydrogens is 392 g/mol. The van der Waals surface area contributed by atoms with Crippen LogP contribution in [0.4, 0.5) is 5.69 Å². The third-order valence-corrected chi connectivity index (χ3v) is 5.03. The van der Waals surface area contributed by atoms with E-state index in [1.54, 1.807) is 6.07 Å². The van der Waals surface area contributed by atoms with E-state index in [0.29, 0.717) is 38.2 Å². The molecule has 6 heteroatoms.